The maximum Gasteiger partial charge on any atom is 0.245 e. The quantitative estimate of drug-likeness (QED) is 0.650. The van der Waals surface area contributed by atoms with E-state index in [1.807, 2.05) is 9.80 Å². The van der Waals surface area contributed by atoms with E-state index in [1.165, 1.54) is 0 Å². The van der Waals surface area contributed by atoms with Crippen LogP contribution in [0, 0.1) is 17.8 Å². The summed E-state index contributed by atoms with van der Waals surface area (Å²) in [4.78, 5) is 41.3. The van der Waals surface area contributed by atoms with E-state index in [1.54, 1.807) is 0 Å². The van der Waals surface area contributed by atoms with Gasteiger partial charge in [0, 0.05) is 32.6 Å². The average molecular weight is 395 g/mol. The Kier molecular flexibility index (Phi) is 8.28. The number of carbonyl (C=O) groups is 3. The molecule has 0 aromatic carbocycles. The molecule has 3 amide bonds. The molecule has 0 aliphatic carbocycles. The number of amides is 3. The summed E-state index contributed by atoms with van der Waals surface area (Å²) >= 11 is 0. The lowest BCUT2D eigenvalue weighted by Crippen LogP contribution is -2.62. The molecule has 3 N–H and O–H groups in total. The number of piperazine rings is 1. The molecule has 2 aliphatic rings. The van der Waals surface area contributed by atoms with Crippen LogP contribution in [-0.4, -0.2) is 65.8 Å². The number of nitrogens with two attached hydrogens (primary N) is 1. The standard InChI is InChI=1S/C21H38N4O3/c1-14(2)11-17-20(27)25(10-7-23-17)18(12-15(3)4)21(28)24-8-5-16(6-9-24)13-19(22)26/h14-18,23H,5-13H2,1-4H3,(H2,22,26)/t17-,18?/m0/s1. The van der Waals surface area contributed by atoms with Crippen molar-refractivity contribution in [1.29, 1.82) is 0 Å². The lowest BCUT2D eigenvalue weighted by molar-refractivity contribution is -0.150. The monoisotopic (exact) mass is 394 g/mol. The first-order valence-electron chi connectivity index (χ1n) is 10.8. The summed E-state index contributed by atoms with van der Waals surface area (Å²) < 4.78 is 0. The molecule has 2 atom stereocenters. The summed E-state index contributed by atoms with van der Waals surface area (Å²) in [5.41, 5.74) is 5.31. The fraction of sp³-hybridized carbons (Fsp3) is 0.857. The van der Waals surface area contributed by atoms with Gasteiger partial charge in [0.1, 0.15) is 6.04 Å². The Labute approximate surface area is 169 Å². The van der Waals surface area contributed by atoms with Gasteiger partial charge in [-0.25, -0.2) is 0 Å². The second-order valence-electron chi connectivity index (χ2n) is 9.25. The Morgan fingerprint density at radius 1 is 1.11 bits per heavy atom. The molecule has 0 radical (unpaired) electrons. The normalized spacial score (nSPS) is 22.8. The highest BCUT2D eigenvalue weighted by atomic mass is 16.2. The molecule has 0 spiro atoms. The number of hydrogen-bond acceptors (Lipinski definition) is 4. The van der Waals surface area contributed by atoms with Crippen LogP contribution in [0.2, 0.25) is 0 Å². The zero-order chi connectivity index (χ0) is 20.8. The highest BCUT2D eigenvalue weighted by Gasteiger charge is 2.39. The molecule has 2 heterocycles. The van der Waals surface area contributed by atoms with Crippen molar-refractivity contribution < 1.29 is 14.4 Å². The fourth-order valence-electron chi connectivity index (χ4n) is 4.38. The Hall–Kier alpha value is -1.63. The van der Waals surface area contributed by atoms with Gasteiger partial charge in [-0.1, -0.05) is 27.7 Å². The van der Waals surface area contributed by atoms with Gasteiger partial charge < -0.3 is 20.9 Å². The Morgan fingerprint density at radius 2 is 1.75 bits per heavy atom. The van der Waals surface area contributed by atoms with Gasteiger partial charge in [0.2, 0.25) is 17.7 Å². The molecular formula is C21H38N4O3. The van der Waals surface area contributed by atoms with Crippen molar-refractivity contribution in [1.82, 2.24) is 15.1 Å². The van der Waals surface area contributed by atoms with Crippen LogP contribution in [0.3, 0.4) is 0 Å². The van der Waals surface area contributed by atoms with Crippen molar-refractivity contribution in [3.63, 3.8) is 0 Å². The van der Waals surface area contributed by atoms with Crippen molar-refractivity contribution in [2.75, 3.05) is 26.2 Å². The molecule has 0 bridgehead atoms. The summed E-state index contributed by atoms with van der Waals surface area (Å²) in [5.74, 6) is 0.858. The van der Waals surface area contributed by atoms with E-state index >= 15 is 0 Å². The number of piperidine rings is 1. The summed E-state index contributed by atoms with van der Waals surface area (Å²) in [6, 6.07) is -0.588. The number of nitrogens with one attached hydrogen (secondary N) is 1. The first-order chi connectivity index (χ1) is 13.2. The molecule has 2 rings (SSSR count). The molecule has 2 saturated heterocycles. The zero-order valence-corrected chi connectivity index (χ0v) is 17.9. The predicted octanol–water partition coefficient (Wildman–Crippen LogP) is 1.36. The number of nitrogens with zero attached hydrogens (tertiary/aromatic N) is 2. The molecule has 2 fully saturated rings. The van der Waals surface area contributed by atoms with E-state index in [-0.39, 0.29) is 29.7 Å². The van der Waals surface area contributed by atoms with E-state index < -0.39 is 6.04 Å². The summed E-state index contributed by atoms with van der Waals surface area (Å²) in [6.45, 7) is 11.0. The van der Waals surface area contributed by atoms with Gasteiger partial charge in [-0.05, 0) is 43.4 Å². The van der Waals surface area contributed by atoms with Crippen molar-refractivity contribution in [3.8, 4) is 0 Å². The smallest absolute Gasteiger partial charge is 0.245 e. The molecule has 1 unspecified atom stereocenters. The van der Waals surface area contributed by atoms with Gasteiger partial charge in [0.15, 0.2) is 0 Å². The van der Waals surface area contributed by atoms with Crippen molar-refractivity contribution in [2.24, 2.45) is 23.5 Å². The lowest BCUT2D eigenvalue weighted by atomic mass is 9.91. The number of likely N-dealkylation sites (tertiary alicyclic amines) is 1. The van der Waals surface area contributed by atoms with Crippen LogP contribution in [0.25, 0.3) is 0 Å². The van der Waals surface area contributed by atoms with Crippen LogP contribution in [0.1, 0.15) is 59.8 Å². The second kappa shape index (κ2) is 10.2. The van der Waals surface area contributed by atoms with Gasteiger partial charge in [-0.15, -0.1) is 0 Å². The highest BCUT2D eigenvalue weighted by Crippen LogP contribution is 2.24. The number of rotatable bonds is 8. The SMILES string of the molecule is CC(C)CC(C(=O)N1CCC(CC(N)=O)CC1)N1CCN[C@@H](CC(C)C)C1=O. The molecule has 2 aliphatic heterocycles. The molecular weight excluding hydrogens is 356 g/mol. The minimum atomic E-state index is -0.392. The number of primary amides is 1. The fourth-order valence-corrected chi connectivity index (χ4v) is 4.38. The Morgan fingerprint density at radius 3 is 2.29 bits per heavy atom. The van der Waals surface area contributed by atoms with E-state index in [9.17, 15) is 14.4 Å². The predicted molar refractivity (Wildman–Crippen MR) is 109 cm³/mol. The van der Waals surface area contributed by atoms with E-state index in [0.717, 1.165) is 25.8 Å². The third-order valence-electron chi connectivity index (χ3n) is 5.80. The molecule has 28 heavy (non-hydrogen) atoms. The van der Waals surface area contributed by atoms with Gasteiger partial charge in [0.05, 0.1) is 6.04 Å². The van der Waals surface area contributed by atoms with Crippen LogP contribution in [-0.2, 0) is 14.4 Å². The van der Waals surface area contributed by atoms with Crippen LogP contribution >= 0.6 is 0 Å². The summed E-state index contributed by atoms with van der Waals surface area (Å²) in [7, 11) is 0. The zero-order valence-electron chi connectivity index (χ0n) is 17.9. The summed E-state index contributed by atoms with van der Waals surface area (Å²) in [6.07, 6.45) is 3.46. The third-order valence-corrected chi connectivity index (χ3v) is 5.80. The van der Waals surface area contributed by atoms with Crippen molar-refractivity contribution in [3.05, 3.63) is 0 Å². The Bertz CT molecular complexity index is 556. The third kappa shape index (κ3) is 6.19. The number of carbonyl (C=O) groups excluding carboxylic acids is 3. The average Bonchev–Trinajstić information content (AvgIpc) is 2.61. The highest BCUT2D eigenvalue weighted by molar-refractivity contribution is 5.90. The minimum absolute atomic E-state index is 0.0579. The van der Waals surface area contributed by atoms with Crippen LogP contribution in [0.5, 0.6) is 0 Å². The topological polar surface area (TPSA) is 95.7 Å². The Balaban J connectivity index is 2.07. The van der Waals surface area contributed by atoms with E-state index in [4.69, 9.17) is 5.73 Å². The van der Waals surface area contributed by atoms with Crippen LogP contribution < -0.4 is 11.1 Å². The van der Waals surface area contributed by atoms with Crippen molar-refractivity contribution in [2.45, 2.75) is 71.9 Å². The lowest BCUT2D eigenvalue weighted by Gasteiger charge is -2.42. The van der Waals surface area contributed by atoms with E-state index in [2.05, 4.69) is 33.0 Å². The second-order valence-corrected chi connectivity index (χ2v) is 9.25. The van der Waals surface area contributed by atoms with Crippen LogP contribution in [0.4, 0.5) is 0 Å². The number of hydrogen-bond donors (Lipinski definition) is 2. The van der Waals surface area contributed by atoms with Crippen molar-refractivity contribution >= 4 is 17.7 Å². The van der Waals surface area contributed by atoms with Gasteiger partial charge in [0.25, 0.3) is 0 Å². The van der Waals surface area contributed by atoms with E-state index in [0.29, 0.717) is 44.3 Å². The maximum atomic E-state index is 13.4. The van der Waals surface area contributed by atoms with Crippen LogP contribution in [0.15, 0.2) is 0 Å². The molecule has 0 saturated carbocycles. The molecule has 0 aromatic heterocycles. The maximum absolute atomic E-state index is 13.4. The summed E-state index contributed by atoms with van der Waals surface area (Å²) in [5, 5.41) is 3.32. The molecule has 160 valence electrons. The molecule has 0 aromatic rings. The minimum Gasteiger partial charge on any atom is -0.370 e. The van der Waals surface area contributed by atoms with Gasteiger partial charge >= 0.3 is 0 Å². The van der Waals surface area contributed by atoms with Gasteiger partial charge in [-0.3, -0.25) is 14.4 Å². The van der Waals surface area contributed by atoms with Gasteiger partial charge in [-0.2, -0.15) is 0 Å². The first-order valence-corrected chi connectivity index (χ1v) is 10.8. The largest absolute Gasteiger partial charge is 0.370 e. The molecule has 7 nitrogen and oxygen atoms in total. The molecule has 7 heteroatoms. The first kappa shape index (κ1) is 22.7.